The summed E-state index contributed by atoms with van der Waals surface area (Å²) in [5.74, 6) is -1.80. The normalized spacial score (nSPS) is 19.8. The van der Waals surface area contributed by atoms with Crippen molar-refractivity contribution in [2.24, 2.45) is 0 Å². The zero-order valence-electron chi connectivity index (χ0n) is 17.9. The van der Waals surface area contributed by atoms with E-state index in [-0.39, 0.29) is 24.3 Å². The average Bonchev–Trinajstić information content (AvgIpc) is 3.07. The molecular formula is C22H20F6N2O4. The summed E-state index contributed by atoms with van der Waals surface area (Å²) in [6, 6.07) is 5.64. The third kappa shape index (κ3) is 4.96. The highest BCUT2D eigenvalue weighted by molar-refractivity contribution is 5.94. The van der Waals surface area contributed by atoms with Crippen LogP contribution in [0, 0.1) is 0 Å². The number of benzene rings is 2. The van der Waals surface area contributed by atoms with Crippen molar-refractivity contribution in [1.82, 2.24) is 10.4 Å². The SMILES string of the molecule is CC(C(=O)NO)N1CCC(C)(c2ccc(Oc3cc(C(F)(F)F)cc(C(F)(F)F)c3)cc2)C1=O. The molecule has 184 valence electrons. The molecule has 34 heavy (non-hydrogen) atoms. The van der Waals surface area contributed by atoms with E-state index in [2.05, 4.69) is 0 Å². The van der Waals surface area contributed by atoms with Crippen LogP contribution in [0.3, 0.4) is 0 Å². The number of hydroxylamine groups is 1. The summed E-state index contributed by atoms with van der Waals surface area (Å²) in [5, 5.41) is 8.80. The molecule has 0 saturated carbocycles. The monoisotopic (exact) mass is 490 g/mol. The predicted molar refractivity (Wildman–Crippen MR) is 106 cm³/mol. The first-order valence-electron chi connectivity index (χ1n) is 10.00. The number of ether oxygens (including phenoxy) is 1. The summed E-state index contributed by atoms with van der Waals surface area (Å²) >= 11 is 0. The van der Waals surface area contributed by atoms with Crippen LogP contribution in [0.1, 0.15) is 37.0 Å². The maximum atomic E-state index is 13.0. The molecule has 0 bridgehead atoms. The molecule has 12 heteroatoms. The summed E-state index contributed by atoms with van der Waals surface area (Å²) in [6.45, 7) is 3.35. The number of alkyl halides is 6. The fraction of sp³-hybridized carbons (Fsp3) is 0.364. The van der Waals surface area contributed by atoms with Crippen LogP contribution in [0.2, 0.25) is 0 Å². The Balaban J connectivity index is 1.84. The summed E-state index contributed by atoms with van der Waals surface area (Å²) in [4.78, 5) is 25.9. The van der Waals surface area contributed by atoms with Gasteiger partial charge in [0.25, 0.3) is 5.91 Å². The smallest absolute Gasteiger partial charge is 0.416 e. The van der Waals surface area contributed by atoms with Gasteiger partial charge < -0.3 is 9.64 Å². The zero-order valence-corrected chi connectivity index (χ0v) is 17.9. The lowest BCUT2D eigenvalue weighted by atomic mass is 9.81. The van der Waals surface area contributed by atoms with Gasteiger partial charge in [-0.25, -0.2) is 5.48 Å². The molecule has 1 aliphatic rings. The number of halogens is 6. The number of likely N-dealkylation sites (tertiary alicyclic amines) is 1. The molecule has 0 radical (unpaired) electrons. The van der Waals surface area contributed by atoms with E-state index in [1.165, 1.54) is 41.6 Å². The number of hydrogen-bond donors (Lipinski definition) is 2. The standard InChI is InChI=1S/C22H20F6N2O4/c1-12(18(31)29-33)30-8-7-20(2,19(30)32)13-3-5-16(6-4-13)34-17-10-14(21(23,24)25)9-15(11-17)22(26,27)28/h3-6,9-12,33H,7-8H2,1-2H3,(H,29,31). The van der Waals surface area contributed by atoms with Gasteiger partial charge in [-0.1, -0.05) is 12.1 Å². The molecule has 6 nitrogen and oxygen atoms in total. The first kappa shape index (κ1) is 25.3. The van der Waals surface area contributed by atoms with Crippen molar-refractivity contribution >= 4 is 11.8 Å². The molecule has 2 amide bonds. The van der Waals surface area contributed by atoms with E-state index in [9.17, 15) is 35.9 Å². The molecule has 0 spiro atoms. The van der Waals surface area contributed by atoms with E-state index in [0.29, 0.717) is 24.1 Å². The largest absolute Gasteiger partial charge is 0.457 e. The number of rotatable bonds is 5. The second-order valence-corrected chi connectivity index (χ2v) is 8.10. The average molecular weight is 490 g/mol. The van der Waals surface area contributed by atoms with Gasteiger partial charge in [0.15, 0.2) is 0 Å². The van der Waals surface area contributed by atoms with Crippen molar-refractivity contribution in [2.75, 3.05) is 6.54 Å². The lowest BCUT2D eigenvalue weighted by molar-refractivity contribution is -0.143. The maximum absolute atomic E-state index is 13.0. The zero-order chi connectivity index (χ0) is 25.5. The Kier molecular flexibility index (Phi) is 6.57. The lowest BCUT2D eigenvalue weighted by Crippen LogP contribution is -2.47. The molecule has 2 aromatic carbocycles. The van der Waals surface area contributed by atoms with Gasteiger partial charge in [0.1, 0.15) is 17.5 Å². The Morgan fingerprint density at radius 1 is 1.03 bits per heavy atom. The second-order valence-electron chi connectivity index (χ2n) is 8.10. The molecule has 2 atom stereocenters. The van der Waals surface area contributed by atoms with Crippen LogP contribution in [0.15, 0.2) is 42.5 Å². The van der Waals surface area contributed by atoms with E-state index in [1.807, 2.05) is 0 Å². The number of hydrogen-bond acceptors (Lipinski definition) is 4. The first-order valence-corrected chi connectivity index (χ1v) is 10.00. The molecule has 1 saturated heterocycles. The van der Waals surface area contributed by atoms with E-state index < -0.39 is 46.6 Å². The number of carbonyl (C=O) groups excluding carboxylic acids is 2. The Labute approximate surface area is 190 Å². The maximum Gasteiger partial charge on any atom is 0.416 e. The summed E-state index contributed by atoms with van der Waals surface area (Å²) < 4.78 is 83.5. The number of nitrogens with one attached hydrogen (secondary N) is 1. The molecular weight excluding hydrogens is 470 g/mol. The lowest BCUT2D eigenvalue weighted by Gasteiger charge is -2.27. The third-order valence-corrected chi connectivity index (χ3v) is 5.83. The van der Waals surface area contributed by atoms with E-state index in [4.69, 9.17) is 9.94 Å². The molecule has 1 heterocycles. The van der Waals surface area contributed by atoms with Crippen molar-refractivity contribution in [3.05, 3.63) is 59.2 Å². The van der Waals surface area contributed by atoms with Crippen molar-refractivity contribution in [2.45, 2.75) is 44.1 Å². The molecule has 2 unspecified atom stereocenters. The van der Waals surface area contributed by atoms with Gasteiger partial charge in [-0.2, -0.15) is 26.3 Å². The van der Waals surface area contributed by atoms with E-state index >= 15 is 0 Å². The van der Waals surface area contributed by atoms with Gasteiger partial charge in [-0.05, 0) is 56.2 Å². The third-order valence-electron chi connectivity index (χ3n) is 5.83. The van der Waals surface area contributed by atoms with Crippen molar-refractivity contribution < 1.29 is 45.9 Å². The molecule has 0 aromatic heterocycles. The van der Waals surface area contributed by atoms with Crippen molar-refractivity contribution in [1.29, 1.82) is 0 Å². The Hall–Kier alpha value is -3.28. The van der Waals surface area contributed by atoms with Crippen molar-refractivity contribution in [3.8, 4) is 11.5 Å². The van der Waals surface area contributed by atoms with E-state index in [1.54, 1.807) is 6.92 Å². The number of nitrogens with zero attached hydrogens (tertiary/aromatic N) is 1. The van der Waals surface area contributed by atoms with E-state index in [0.717, 1.165) is 0 Å². The fourth-order valence-electron chi connectivity index (χ4n) is 3.75. The Bertz CT molecular complexity index is 1050. The molecule has 2 aromatic rings. The fourth-order valence-corrected chi connectivity index (χ4v) is 3.75. The number of carbonyl (C=O) groups is 2. The first-order chi connectivity index (χ1) is 15.7. The Morgan fingerprint density at radius 2 is 1.56 bits per heavy atom. The van der Waals surface area contributed by atoms with Gasteiger partial charge in [0.2, 0.25) is 5.91 Å². The van der Waals surface area contributed by atoms with Gasteiger partial charge in [0, 0.05) is 6.54 Å². The summed E-state index contributed by atoms with van der Waals surface area (Å²) in [6.07, 6.45) is -9.66. The van der Waals surface area contributed by atoms with Crippen LogP contribution in [0.4, 0.5) is 26.3 Å². The van der Waals surface area contributed by atoms with Crippen LogP contribution in [-0.4, -0.2) is 34.5 Å². The van der Waals surface area contributed by atoms with Crippen LogP contribution in [0.5, 0.6) is 11.5 Å². The number of amides is 2. The highest BCUT2D eigenvalue weighted by atomic mass is 19.4. The van der Waals surface area contributed by atoms with Crippen LogP contribution >= 0.6 is 0 Å². The second kappa shape index (κ2) is 8.82. The summed E-state index contributed by atoms with van der Waals surface area (Å²) in [7, 11) is 0. The topological polar surface area (TPSA) is 78.9 Å². The van der Waals surface area contributed by atoms with Gasteiger partial charge in [-0.3, -0.25) is 14.8 Å². The summed E-state index contributed by atoms with van der Waals surface area (Å²) in [5.41, 5.74) is -2.01. The van der Waals surface area contributed by atoms with Crippen LogP contribution in [0.25, 0.3) is 0 Å². The predicted octanol–water partition coefficient (Wildman–Crippen LogP) is 4.90. The minimum atomic E-state index is -5.00. The minimum absolute atomic E-state index is 0.00625. The highest BCUT2D eigenvalue weighted by Crippen LogP contribution is 2.40. The highest BCUT2D eigenvalue weighted by Gasteiger charge is 2.46. The van der Waals surface area contributed by atoms with Gasteiger partial charge in [-0.15, -0.1) is 0 Å². The molecule has 3 rings (SSSR count). The Morgan fingerprint density at radius 3 is 2.03 bits per heavy atom. The van der Waals surface area contributed by atoms with Gasteiger partial charge >= 0.3 is 12.4 Å². The molecule has 0 aliphatic carbocycles. The minimum Gasteiger partial charge on any atom is -0.457 e. The molecule has 2 N–H and O–H groups in total. The van der Waals surface area contributed by atoms with Crippen LogP contribution in [-0.2, 0) is 27.4 Å². The van der Waals surface area contributed by atoms with Gasteiger partial charge in [0.05, 0.1) is 16.5 Å². The van der Waals surface area contributed by atoms with Crippen molar-refractivity contribution in [3.63, 3.8) is 0 Å². The van der Waals surface area contributed by atoms with Crippen LogP contribution < -0.4 is 10.2 Å². The molecule has 1 fully saturated rings. The quantitative estimate of drug-likeness (QED) is 0.355. The molecule has 1 aliphatic heterocycles.